The Bertz CT molecular complexity index is 576. The number of hydrogen-bond acceptors (Lipinski definition) is 5. The smallest absolute Gasteiger partial charge is 0.137 e. The lowest BCUT2D eigenvalue weighted by Gasteiger charge is -2.36. The van der Waals surface area contributed by atoms with E-state index in [9.17, 15) is 5.11 Å². The van der Waals surface area contributed by atoms with Gasteiger partial charge in [0.25, 0.3) is 0 Å². The van der Waals surface area contributed by atoms with Crippen molar-refractivity contribution in [1.82, 2.24) is 19.7 Å². The van der Waals surface area contributed by atoms with Gasteiger partial charge in [0.15, 0.2) is 0 Å². The molecule has 130 valence electrons. The number of likely N-dealkylation sites (tertiary alicyclic amines) is 1. The molecule has 0 saturated carbocycles. The molecule has 0 amide bonds. The highest BCUT2D eigenvalue weighted by atomic mass is 16.5. The van der Waals surface area contributed by atoms with Crippen LogP contribution in [0.25, 0.3) is 0 Å². The van der Waals surface area contributed by atoms with Crippen LogP contribution in [0.3, 0.4) is 0 Å². The molecule has 1 aliphatic heterocycles. The molecule has 2 aromatic rings. The van der Waals surface area contributed by atoms with Crippen LogP contribution in [-0.2, 0) is 17.9 Å². The minimum absolute atomic E-state index is 0.363. The molecule has 6 heteroatoms. The Balaban J connectivity index is 1.44. The van der Waals surface area contributed by atoms with Crippen molar-refractivity contribution >= 4 is 0 Å². The van der Waals surface area contributed by atoms with Crippen LogP contribution in [-0.4, -0.2) is 56.6 Å². The Morgan fingerprint density at radius 2 is 2.12 bits per heavy atom. The second-order valence-corrected chi connectivity index (χ2v) is 6.42. The van der Waals surface area contributed by atoms with Crippen LogP contribution in [0.2, 0.25) is 0 Å². The highest BCUT2D eigenvalue weighted by Crippen LogP contribution is 2.18. The lowest BCUT2D eigenvalue weighted by Crippen LogP contribution is -2.46. The summed E-state index contributed by atoms with van der Waals surface area (Å²) in [7, 11) is 0. The number of piperidine rings is 1. The predicted octanol–water partition coefficient (Wildman–Crippen LogP) is 1.71. The van der Waals surface area contributed by atoms with Crippen LogP contribution in [0.4, 0.5) is 0 Å². The summed E-state index contributed by atoms with van der Waals surface area (Å²) in [4.78, 5) is 6.37. The van der Waals surface area contributed by atoms with E-state index in [2.05, 4.69) is 15.0 Å². The fourth-order valence-electron chi connectivity index (χ4n) is 3.26. The van der Waals surface area contributed by atoms with Crippen molar-refractivity contribution in [2.45, 2.75) is 44.6 Å². The molecule has 1 fully saturated rings. The van der Waals surface area contributed by atoms with Crippen LogP contribution in [0.5, 0.6) is 0 Å². The maximum atomic E-state index is 10.3. The van der Waals surface area contributed by atoms with Crippen molar-refractivity contribution in [3.8, 4) is 0 Å². The molecule has 1 aliphatic rings. The lowest BCUT2D eigenvalue weighted by atomic mass is 10.0. The number of aromatic nitrogens is 3. The first-order chi connectivity index (χ1) is 11.8. The van der Waals surface area contributed by atoms with Crippen molar-refractivity contribution in [2.75, 3.05) is 19.7 Å². The van der Waals surface area contributed by atoms with Gasteiger partial charge < -0.3 is 9.84 Å². The van der Waals surface area contributed by atoms with Crippen molar-refractivity contribution in [3.63, 3.8) is 0 Å². The fourth-order valence-corrected chi connectivity index (χ4v) is 3.26. The Labute approximate surface area is 143 Å². The van der Waals surface area contributed by atoms with Crippen molar-refractivity contribution in [3.05, 3.63) is 48.5 Å². The summed E-state index contributed by atoms with van der Waals surface area (Å²) in [6.45, 7) is 3.41. The maximum Gasteiger partial charge on any atom is 0.137 e. The summed E-state index contributed by atoms with van der Waals surface area (Å²) in [6.07, 6.45) is 6.41. The van der Waals surface area contributed by atoms with E-state index >= 15 is 0 Å². The molecule has 2 heterocycles. The number of aliphatic hydroxyl groups excluding tert-OH is 1. The molecule has 3 rings (SSSR count). The first-order valence-corrected chi connectivity index (χ1v) is 8.67. The second kappa shape index (κ2) is 8.92. The van der Waals surface area contributed by atoms with Crippen LogP contribution < -0.4 is 0 Å². The molecular weight excluding hydrogens is 304 g/mol. The van der Waals surface area contributed by atoms with E-state index in [1.54, 1.807) is 12.7 Å². The van der Waals surface area contributed by atoms with E-state index in [1.807, 2.05) is 35.0 Å². The molecule has 1 aromatic carbocycles. The molecule has 1 saturated heterocycles. The molecule has 6 nitrogen and oxygen atoms in total. The number of aliphatic hydroxyl groups is 1. The molecule has 1 aromatic heterocycles. The van der Waals surface area contributed by atoms with Gasteiger partial charge >= 0.3 is 0 Å². The molecule has 1 N–H and O–H groups in total. The number of ether oxygens (including phenoxy) is 1. The quantitative estimate of drug-likeness (QED) is 0.798. The summed E-state index contributed by atoms with van der Waals surface area (Å²) in [5, 5.41) is 14.5. The van der Waals surface area contributed by atoms with Gasteiger partial charge in [0.1, 0.15) is 12.7 Å². The third-order valence-corrected chi connectivity index (χ3v) is 4.48. The van der Waals surface area contributed by atoms with Crippen molar-refractivity contribution < 1.29 is 9.84 Å². The number of nitrogens with zero attached hydrogens (tertiary/aromatic N) is 4. The first kappa shape index (κ1) is 17.1. The Morgan fingerprint density at radius 3 is 2.92 bits per heavy atom. The van der Waals surface area contributed by atoms with Crippen LogP contribution in [0.15, 0.2) is 43.0 Å². The molecule has 0 spiro atoms. The van der Waals surface area contributed by atoms with E-state index in [0.29, 0.717) is 25.8 Å². The normalized spacial score (nSPS) is 20.1. The SMILES string of the molecule is O[C@@H](COCc1ccccc1)CN1CCCC[C@@H]1Cn1cncn1. The standard InChI is InChI=1S/C18H26N4O2/c23-18(13-24-12-16-6-2-1-3-7-16)11-21-9-5-4-8-17(21)10-22-15-19-14-20-22/h1-3,6-7,14-15,17-18,23H,4-5,8-13H2/t17-,18-/m1/s1. The topological polar surface area (TPSA) is 63.4 Å². The number of benzene rings is 1. The average Bonchev–Trinajstić information content (AvgIpc) is 3.11. The maximum absolute atomic E-state index is 10.3. The zero-order valence-corrected chi connectivity index (χ0v) is 14.0. The molecule has 0 aliphatic carbocycles. The van der Waals surface area contributed by atoms with Gasteiger partial charge in [-0.05, 0) is 24.9 Å². The Hall–Kier alpha value is -1.76. The van der Waals surface area contributed by atoms with Gasteiger partial charge in [0, 0.05) is 12.6 Å². The summed E-state index contributed by atoms with van der Waals surface area (Å²) in [5.74, 6) is 0. The summed E-state index contributed by atoms with van der Waals surface area (Å²) in [5.41, 5.74) is 1.13. The van der Waals surface area contributed by atoms with E-state index in [1.165, 1.54) is 12.8 Å². The van der Waals surface area contributed by atoms with Crippen LogP contribution in [0, 0.1) is 0 Å². The van der Waals surface area contributed by atoms with Crippen molar-refractivity contribution in [2.24, 2.45) is 0 Å². The van der Waals surface area contributed by atoms with Gasteiger partial charge in [0.2, 0.25) is 0 Å². The molecule has 2 atom stereocenters. The number of rotatable bonds is 8. The third kappa shape index (κ3) is 5.12. The molecule has 0 unspecified atom stereocenters. The van der Waals surface area contributed by atoms with E-state index in [-0.39, 0.29) is 0 Å². The summed E-state index contributed by atoms with van der Waals surface area (Å²) >= 11 is 0. The molecule has 0 radical (unpaired) electrons. The monoisotopic (exact) mass is 330 g/mol. The van der Waals surface area contributed by atoms with Gasteiger partial charge in [-0.25, -0.2) is 4.98 Å². The molecule has 0 bridgehead atoms. The largest absolute Gasteiger partial charge is 0.389 e. The van der Waals surface area contributed by atoms with Gasteiger partial charge in [-0.15, -0.1) is 0 Å². The molecule has 24 heavy (non-hydrogen) atoms. The van der Waals surface area contributed by atoms with Gasteiger partial charge in [-0.2, -0.15) is 5.10 Å². The van der Waals surface area contributed by atoms with E-state index in [0.717, 1.165) is 25.1 Å². The van der Waals surface area contributed by atoms with Crippen LogP contribution >= 0.6 is 0 Å². The Morgan fingerprint density at radius 1 is 1.25 bits per heavy atom. The predicted molar refractivity (Wildman–Crippen MR) is 91.3 cm³/mol. The zero-order valence-electron chi connectivity index (χ0n) is 14.0. The zero-order chi connectivity index (χ0) is 16.6. The van der Waals surface area contributed by atoms with Crippen LogP contribution in [0.1, 0.15) is 24.8 Å². The average molecular weight is 330 g/mol. The highest BCUT2D eigenvalue weighted by molar-refractivity contribution is 5.13. The second-order valence-electron chi connectivity index (χ2n) is 6.42. The van der Waals surface area contributed by atoms with Gasteiger partial charge in [-0.1, -0.05) is 36.8 Å². The third-order valence-electron chi connectivity index (χ3n) is 4.48. The Kier molecular flexibility index (Phi) is 6.34. The molecular formula is C18H26N4O2. The number of β-amino-alcohol motifs (C(OH)–C–C–N with tert-alkyl or cyclic N) is 1. The first-order valence-electron chi connectivity index (χ1n) is 8.67. The highest BCUT2D eigenvalue weighted by Gasteiger charge is 2.25. The fraction of sp³-hybridized carbons (Fsp3) is 0.556. The van der Waals surface area contributed by atoms with Crippen molar-refractivity contribution in [1.29, 1.82) is 0 Å². The summed E-state index contributed by atoms with van der Waals surface area (Å²) < 4.78 is 7.54. The van der Waals surface area contributed by atoms with E-state index < -0.39 is 6.10 Å². The lowest BCUT2D eigenvalue weighted by molar-refractivity contribution is -0.00571. The van der Waals surface area contributed by atoms with E-state index in [4.69, 9.17) is 4.74 Å². The van der Waals surface area contributed by atoms with Gasteiger partial charge in [-0.3, -0.25) is 9.58 Å². The minimum atomic E-state index is -0.468. The minimum Gasteiger partial charge on any atom is -0.389 e. The van der Waals surface area contributed by atoms with Gasteiger partial charge in [0.05, 0.1) is 25.9 Å². The number of hydrogen-bond donors (Lipinski definition) is 1. The summed E-state index contributed by atoms with van der Waals surface area (Å²) in [6, 6.07) is 10.5.